The molecule has 0 radical (unpaired) electrons. The van der Waals surface area contributed by atoms with Crippen LogP contribution in [0.1, 0.15) is 18.7 Å². The van der Waals surface area contributed by atoms with Gasteiger partial charge in [0.2, 0.25) is 0 Å². The van der Waals surface area contributed by atoms with Crippen LogP contribution in [0.15, 0.2) is 18.2 Å². The maximum absolute atomic E-state index is 10.5. The second-order valence-corrected chi connectivity index (χ2v) is 4.64. The Labute approximate surface area is 116 Å². The van der Waals surface area contributed by atoms with Gasteiger partial charge in [0.05, 0.1) is 17.6 Å². The summed E-state index contributed by atoms with van der Waals surface area (Å²) in [5, 5.41) is 9.28. The van der Waals surface area contributed by atoms with Gasteiger partial charge in [-0.05, 0) is 24.6 Å². The standard InChI is InChI=1S/C14H13ClN2O2/c1-2-8-17-12-7-6-10(15)9-11(12)16-13(17)4-3-5-14(18)19/h1,6-7,9H,3-5,8H2,(H,18,19). The van der Waals surface area contributed by atoms with Crippen LogP contribution < -0.4 is 0 Å². The van der Waals surface area contributed by atoms with Crippen LogP contribution in [0.25, 0.3) is 11.0 Å². The fraction of sp³-hybridized carbons (Fsp3) is 0.286. The Bertz CT molecular complexity index is 655. The number of hydrogen-bond acceptors (Lipinski definition) is 2. The van der Waals surface area contributed by atoms with Gasteiger partial charge in [-0.3, -0.25) is 4.79 Å². The van der Waals surface area contributed by atoms with Crippen LogP contribution >= 0.6 is 11.6 Å². The van der Waals surface area contributed by atoms with Gasteiger partial charge in [0.1, 0.15) is 5.82 Å². The lowest BCUT2D eigenvalue weighted by Crippen LogP contribution is -2.04. The molecule has 0 aliphatic carbocycles. The summed E-state index contributed by atoms with van der Waals surface area (Å²) in [5.41, 5.74) is 1.71. The first-order chi connectivity index (χ1) is 9.11. The van der Waals surface area contributed by atoms with E-state index in [1.54, 1.807) is 12.1 Å². The van der Waals surface area contributed by atoms with E-state index in [9.17, 15) is 4.79 Å². The molecule has 0 amide bonds. The zero-order valence-corrected chi connectivity index (χ0v) is 11.0. The Morgan fingerprint density at radius 1 is 1.53 bits per heavy atom. The zero-order valence-electron chi connectivity index (χ0n) is 10.3. The van der Waals surface area contributed by atoms with Crippen molar-refractivity contribution in [3.05, 3.63) is 29.0 Å². The molecule has 0 fully saturated rings. The second kappa shape index (κ2) is 5.77. The largest absolute Gasteiger partial charge is 0.481 e. The van der Waals surface area contributed by atoms with Gasteiger partial charge in [0, 0.05) is 17.9 Å². The molecule has 5 heteroatoms. The van der Waals surface area contributed by atoms with Gasteiger partial charge in [-0.1, -0.05) is 17.5 Å². The van der Waals surface area contributed by atoms with Gasteiger partial charge in [-0.2, -0.15) is 0 Å². The van der Waals surface area contributed by atoms with Gasteiger partial charge < -0.3 is 9.67 Å². The Morgan fingerprint density at radius 3 is 3.00 bits per heavy atom. The molecule has 4 nitrogen and oxygen atoms in total. The number of carboxylic acids is 1. The molecule has 98 valence electrons. The minimum absolute atomic E-state index is 0.125. The lowest BCUT2D eigenvalue weighted by Gasteiger charge is -2.04. The lowest BCUT2D eigenvalue weighted by molar-refractivity contribution is -0.137. The van der Waals surface area contributed by atoms with Crippen LogP contribution in [0, 0.1) is 12.3 Å². The highest BCUT2D eigenvalue weighted by Gasteiger charge is 2.10. The van der Waals surface area contributed by atoms with Crippen LogP contribution in [0.4, 0.5) is 0 Å². The molecular formula is C14H13ClN2O2. The average molecular weight is 277 g/mol. The van der Waals surface area contributed by atoms with Crippen molar-refractivity contribution in [2.24, 2.45) is 0 Å². The predicted molar refractivity (Wildman–Crippen MR) is 74.1 cm³/mol. The minimum atomic E-state index is -0.803. The summed E-state index contributed by atoms with van der Waals surface area (Å²) in [4.78, 5) is 15.0. The second-order valence-electron chi connectivity index (χ2n) is 4.20. The molecule has 0 bridgehead atoms. The predicted octanol–water partition coefficient (Wildman–Crippen LogP) is 2.73. The van der Waals surface area contributed by atoms with E-state index in [4.69, 9.17) is 23.1 Å². The Morgan fingerprint density at radius 2 is 2.32 bits per heavy atom. The van der Waals surface area contributed by atoms with Crippen molar-refractivity contribution in [1.82, 2.24) is 9.55 Å². The number of carbonyl (C=O) groups is 1. The highest BCUT2D eigenvalue weighted by Crippen LogP contribution is 2.21. The van der Waals surface area contributed by atoms with Crippen molar-refractivity contribution in [1.29, 1.82) is 0 Å². The summed E-state index contributed by atoms with van der Waals surface area (Å²) in [5.74, 6) is 2.59. The van der Waals surface area contributed by atoms with Crippen molar-refractivity contribution in [2.45, 2.75) is 25.8 Å². The highest BCUT2D eigenvalue weighted by atomic mass is 35.5. The number of carboxylic acid groups (broad SMARTS) is 1. The summed E-state index contributed by atoms with van der Waals surface area (Å²) >= 11 is 5.94. The number of imidazole rings is 1. The number of fused-ring (bicyclic) bond motifs is 1. The van der Waals surface area contributed by atoms with Gasteiger partial charge in [0.25, 0.3) is 0 Å². The summed E-state index contributed by atoms with van der Waals surface area (Å²) < 4.78 is 1.92. The molecular weight excluding hydrogens is 264 g/mol. The van der Waals surface area contributed by atoms with Crippen LogP contribution in [-0.2, 0) is 17.8 Å². The summed E-state index contributed by atoms with van der Waals surface area (Å²) in [6.07, 6.45) is 6.61. The molecule has 2 aromatic rings. The highest BCUT2D eigenvalue weighted by molar-refractivity contribution is 6.31. The smallest absolute Gasteiger partial charge is 0.303 e. The first kappa shape index (κ1) is 13.4. The monoisotopic (exact) mass is 276 g/mol. The molecule has 0 atom stereocenters. The molecule has 0 spiro atoms. The first-order valence-corrected chi connectivity index (χ1v) is 6.29. The third-order valence-electron chi connectivity index (χ3n) is 2.83. The van der Waals surface area contributed by atoms with E-state index in [1.165, 1.54) is 0 Å². The Hall–Kier alpha value is -1.99. The van der Waals surface area contributed by atoms with Crippen molar-refractivity contribution in [2.75, 3.05) is 0 Å². The van der Waals surface area contributed by atoms with E-state index >= 15 is 0 Å². The molecule has 0 saturated carbocycles. The zero-order chi connectivity index (χ0) is 13.8. The number of rotatable bonds is 5. The van der Waals surface area contributed by atoms with Gasteiger partial charge in [0.15, 0.2) is 0 Å². The fourth-order valence-electron chi connectivity index (χ4n) is 2.01. The number of benzene rings is 1. The van der Waals surface area contributed by atoms with E-state index < -0.39 is 5.97 Å². The molecule has 0 saturated heterocycles. The molecule has 19 heavy (non-hydrogen) atoms. The minimum Gasteiger partial charge on any atom is -0.481 e. The third-order valence-corrected chi connectivity index (χ3v) is 3.06. The number of halogens is 1. The number of aliphatic carboxylic acids is 1. The molecule has 1 N–H and O–H groups in total. The normalized spacial score (nSPS) is 10.5. The van der Waals surface area contributed by atoms with Gasteiger partial charge in [-0.15, -0.1) is 6.42 Å². The maximum Gasteiger partial charge on any atom is 0.303 e. The van der Waals surface area contributed by atoms with Crippen molar-refractivity contribution in [3.63, 3.8) is 0 Å². The quantitative estimate of drug-likeness (QED) is 0.855. The molecule has 2 rings (SSSR count). The van der Waals surface area contributed by atoms with Gasteiger partial charge in [-0.25, -0.2) is 4.98 Å². The lowest BCUT2D eigenvalue weighted by atomic mass is 10.2. The Kier molecular flexibility index (Phi) is 4.08. The van der Waals surface area contributed by atoms with Crippen molar-refractivity contribution in [3.8, 4) is 12.3 Å². The number of aryl methyl sites for hydroxylation is 1. The summed E-state index contributed by atoms with van der Waals surface area (Å²) in [6, 6.07) is 5.45. The summed E-state index contributed by atoms with van der Waals surface area (Å²) in [6.45, 7) is 0.417. The molecule has 0 aliphatic heterocycles. The van der Waals surface area contributed by atoms with Crippen molar-refractivity contribution < 1.29 is 9.90 Å². The van der Waals surface area contributed by atoms with Crippen LogP contribution in [0.2, 0.25) is 5.02 Å². The molecule has 0 unspecified atom stereocenters. The molecule has 1 heterocycles. The van der Waals surface area contributed by atoms with E-state index in [2.05, 4.69) is 10.9 Å². The Balaban J connectivity index is 2.33. The SMILES string of the molecule is C#CCn1c(CCCC(=O)O)nc2cc(Cl)ccc21. The van der Waals surface area contributed by atoms with Gasteiger partial charge >= 0.3 is 5.97 Å². The number of aromatic nitrogens is 2. The van der Waals surface area contributed by atoms with Crippen LogP contribution in [-0.4, -0.2) is 20.6 Å². The molecule has 1 aromatic heterocycles. The van der Waals surface area contributed by atoms with E-state index in [1.807, 2.05) is 10.6 Å². The van der Waals surface area contributed by atoms with E-state index in [-0.39, 0.29) is 6.42 Å². The third kappa shape index (κ3) is 3.07. The number of terminal acetylenes is 1. The topological polar surface area (TPSA) is 55.1 Å². The molecule has 0 aliphatic rings. The average Bonchev–Trinajstić information content (AvgIpc) is 2.67. The van der Waals surface area contributed by atoms with Crippen LogP contribution in [0.3, 0.4) is 0 Å². The summed E-state index contributed by atoms with van der Waals surface area (Å²) in [7, 11) is 0. The number of hydrogen-bond donors (Lipinski definition) is 1. The van der Waals surface area contributed by atoms with Crippen molar-refractivity contribution >= 4 is 28.6 Å². The maximum atomic E-state index is 10.5. The first-order valence-electron chi connectivity index (χ1n) is 5.91. The van der Waals surface area contributed by atoms with E-state index in [0.717, 1.165) is 16.9 Å². The number of nitrogens with zero attached hydrogens (tertiary/aromatic N) is 2. The molecule has 1 aromatic carbocycles. The van der Waals surface area contributed by atoms with E-state index in [0.29, 0.717) is 24.4 Å². The fourth-order valence-corrected chi connectivity index (χ4v) is 2.18. The van der Waals surface area contributed by atoms with Crippen LogP contribution in [0.5, 0.6) is 0 Å².